The van der Waals surface area contributed by atoms with Crippen molar-refractivity contribution in [2.24, 2.45) is 11.8 Å². The standard InChI is InChI=1S/C29H42N2O9/c1-7-8-10-19-25(39-22(33)13-17(2)3)28(5,6)40-27(36)23(18(4)38-26(19)35)31-29(14-37-15-29)20-11-9-12-21(24(20)34)30-16-32/h9,11-12,16-19,23,25,31,34H,7-8,10,13-15H2,1-6H3,(H,30,32). The van der Waals surface area contributed by atoms with Gasteiger partial charge in [0.1, 0.15) is 23.5 Å². The summed E-state index contributed by atoms with van der Waals surface area (Å²) in [7, 11) is 0. The summed E-state index contributed by atoms with van der Waals surface area (Å²) < 4.78 is 23.1. The number of unbranched alkanes of at least 4 members (excludes halogenated alkanes) is 1. The van der Waals surface area contributed by atoms with Gasteiger partial charge in [-0.05, 0) is 39.2 Å². The SMILES string of the molecule is CCCCC1C(=O)OC(C)C(NC2(c3cccc(NC=O)c3O)COC2)C(=O)OC(C)(C)C1OC(=O)CC(C)C. The maximum atomic E-state index is 13.7. The molecule has 1 aromatic rings. The molecule has 2 heterocycles. The molecule has 0 bridgehead atoms. The number of benzene rings is 1. The van der Waals surface area contributed by atoms with Crippen LogP contribution < -0.4 is 10.6 Å². The van der Waals surface area contributed by atoms with Crippen LogP contribution in [0.2, 0.25) is 0 Å². The maximum absolute atomic E-state index is 13.7. The van der Waals surface area contributed by atoms with Gasteiger partial charge in [-0.2, -0.15) is 0 Å². The van der Waals surface area contributed by atoms with Crippen LogP contribution in [0.5, 0.6) is 5.75 Å². The second-order valence-electron chi connectivity index (χ2n) is 11.6. The Kier molecular flexibility index (Phi) is 10.2. The van der Waals surface area contributed by atoms with Gasteiger partial charge < -0.3 is 29.4 Å². The van der Waals surface area contributed by atoms with Crippen molar-refractivity contribution < 1.29 is 43.2 Å². The lowest BCUT2D eigenvalue weighted by atomic mass is 9.85. The molecule has 0 saturated carbocycles. The van der Waals surface area contributed by atoms with Gasteiger partial charge in [-0.15, -0.1) is 0 Å². The molecular weight excluding hydrogens is 520 g/mol. The molecule has 2 aliphatic heterocycles. The highest BCUT2D eigenvalue weighted by atomic mass is 16.6. The number of phenolic OH excluding ortho intramolecular Hbond substituents is 1. The Balaban J connectivity index is 1.97. The molecular formula is C29H42N2O9. The van der Waals surface area contributed by atoms with Crippen molar-refractivity contribution in [2.75, 3.05) is 18.5 Å². The summed E-state index contributed by atoms with van der Waals surface area (Å²) >= 11 is 0. The van der Waals surface area contributed by atoms with E-state index in [1.165, 1.54) is 0 Å². The molecule has 4 atom stereocenters. The number of amides is 1. The zero-order valence-corrected chi connectivity index (χ0v) is 24.2. The van der Waals surface area contributed by atoms with Crippen LogP contribution in [-0.2, 0) is 43.7 Å². The summed E-state index contributed by atoms with van der Waals surface area (Å²) in [5, 5.41) is 16.6. The van der Waals surface area contributed by atoms with Crippen LogP contribution in [0.4, 0.5) is 5.69 Å². The highest BCUT2D eigenvalue weighted by Gasteiger charge is 2.52. The van der Waals surface area contributed by atoms with Crippen molar-refractivity contribution in [3.63, 3.8) is 0 Å². The molecule has 1 amide bonds. The number of phenols is 1. The number of aromatic hydroxyl groups is 1. The van der Waals surface area contributed by atoms with Crippen molar-refractivity contribution in [1.29, 1.82) is 0 Å². The third-order valence-corrected chi connectivity index (χ3v) is 7.34. The van der Waals surface area contributed by atoms with Gasteiger partial charge in [0.05, 0.1) is 30.4 Å². The Hall–Kier alpha value is -3.18. The van der Waals surface area contributed by atoms with Crippen LogP contribution in [0.3, 0.4) is 0 Å². The summed E-state index contributed by atoms with van der Waals surface area (Å²) in [4.78, 5) is 51.0. The number of esters is 3. The molecule has 3 rings (SSSR count). The van der Waals surface area contributed by atoms with E-state index in [9.17, 15) is 24.3 Å². The highest BCUT2D eigenvalue weighted by molar-refractivity contribution is 5.81. The van der Waals surface area contributed by atoms with Gasteiger partial charge in [-0.25, -0.2) is 0 Å². The fraction of sp³-hybridized carbons (Fsp3) is 0.655. The zero-order chi connectivity index (χ0) is 29.7. The first kappa shape index (κ1) is 31.3. The van der Waals surface area contributed by atoms with E-state index in [-0.39, 0.29) is 37.0 Å². The van der Waals surface area contributed by atoms with E-state index in [1.807, 2.05) is 20.8 Å². The van der Waals surface area contributed by atoms with E-state index in [4.69, 9.17) is 18.9 Å². The Morgan fingerprint density at radius 2 is 1.93 bits per heavy atom. The van der Waals surface area contributed by atoms with Gasteiger partial charge in [0, 0.05) is 12.0 Å². The normalized spacial score (nSPS) is 25.9. The smallest absolute Gasteiger partial charge is 0.327 e. The fourth-order valence-corrected chi connectivity index (χ4v) is 5.17. The number of hydrogen-bond donors (Lipinski definition) is 3. The first-order valence-corrected chi connectivity index (χ1v) is 13.9. The number of hydrogen-bond acceptors (Lipinski definition) is 10. The minimum absolute atomic E-state index is 0.0432. The first-order valence-electron chi connectivity index (χ1n) is 13.9. The number of ether oxygens (including phenoxy) is 4. The van der Waals surface area contributed by atoms with Crippen molar-refractivity contribution in [3.8, 4) is 5.75 Å². The Bertz CT molecular complexity index is 1080. The number of rotatable bonds is 11. The van der Waals surface area contributed by atoms with Crippen molar-refractivity contribution >= 4 is 30.0 Å². The second-order valence-corrected chi connectivity index (χ2v) is 11.6. The molecule has 0 aromatic heterocycles. The minimum atomic E-state index is -1.36. The number of nitrogens with one attached hydrogen (secondary N) is 2. The third kappa shape index (κ3) is 6.93. The van der Waals surface area contributed by atoms with Crippen LogP contribution in [0.1, 0.15) is 72.8 Å². The topological polar surface area (TPSA) is 149 Å². The first-order chi connectivity index (χ1) is 18.8. The number of carbonyl (C=O) groups excluding carboxylic acids is 4. The van der Waals surface area contributed by atoms with Gasteiger partial charge >= 0.3 is 17.9 Å². The third-order valence-electron chi connectivity index (χ3n) is 7.34. The lowest BCUT2D eigenvalue weighted by Gasteiger charge is -2.45. The monoisotopic (exact) mass is 562 g/mol. The molecule has 0 aliphatic carbocycles. The number of anilines is 1. The molecule has 222 valence electrons. The average Bonchev–Trinajstić information content (AvgIpc) is 2.85. The molecule has 1 aromatic carbocycles. The lowest BCUT2D eigenvalue weighted by Crippen LogP contribution is -2.65. The van der Waals surface area contributed by atoms with Gasteiger partial charge in [0.15, 0.2) is 6.10 Å². The molecule has 11 heteroatoms. The molecule has 2 aliphatic rings. The lowest BCUT2D eigenvalue weighted by molar-refractivity contribution is -0.191. The van der Waals surface area contributed by atoms with E-state index < -0.39 is 53.2 Å². The summed E-state index contributed by atoms with van der Waals surface area (Å²) in [6, 6.07) is 3.71. The van der Waals surface area contributed by atoms with Crippen LogP contribution in [-0.4, -0.2) is 66.5 Å². The number of carbonyl (C=O) groups is 4. The Morgan fingerprint density at radius 3 is 2.50 bits per heavy atom. The summed E-state index contributed by atoms with van der Waals surface area (Å²) in [6.45, 7) is 10.8. The van der Waals surface area contributed by atoms with Crippen molar-refractivity contribution in [2.45, 2.75) is 96.6 Å². The van der Waals surface area contributed by atoms with Crippen LogP contribution in [0.15, 0.2) is 18.2 Å². The largest absolute Gasteiger partial charge is 0.505 e. The average molecular weight is 563 g/mol. The van der Waals surface area contributed by atoms with E-state index in [0.29, 0.717) is 24.8 Å². The predicted octanol–water partition coefficient (Wildman–Crippen LogP) is 3.18. The molecule has 3 N–H and O–H groups in total. The van der Waals surface area contributed by atoms with Crippen LogP contribution >= 0.6 is 0 Å². The van der Waals surface area contributed by atoms with Crippen LogP contribution in [0.25, 0.3) is 0 Å². The highest BCUT2D eigenvalue weighted by Crippen LogP contribution is 2.40. The van der Waals surface area contributed by atoms with E-state index in [2.05, 4.69) is 10.6 Å². The van der Waals surface area contributed by atoms with Gasteiger partial charge in [0.25, 0.3) is 0 Å². The molecule has 4 unspecified atom stereocenters. The summed E-state index contributed by atoms with van der Waals surface area (Å²) in [5.74, 6) is -2.74. The van der Waals surface area contributed by atoms with Crippen molar-refractivity contribution in [1.82, 2.24) is 5.32 Å². The van der Waals surface area contributed by atoms with Gasteiger partial charge in [-0.1, -0.05) is 45.7 Å². The van der Waals surface area contributed by atoms with E-state index in [1.54, 1.807) is 39.0 Å². The van der Waals surface area contributed by atoms with Crippen molar-refractivity contribution in [3.05, 3.63) is 23.8 Å². The van der Waals surface area contributed by atoms with E-state index in [0.717, 1.165) is 6.42 Å². The molecule has 0 radical (unpaired) electrons. The maximum Gasteiger partial charge on any atom is 0.327 e. The Morgan fingerprint density at radius 1 is 1.23 bits per heavy atom. The molecule has 40 heavy (non-hydrogen) atoms. The minimum Gasteiger partial charge on any atom is -0.505 e. The number of cyclic esters (lactones) is 2. The number of para-hydroxylation sites is 1. The quantitative estimate of drug-likeness (QED) is 0.159. The van der Waals surface area contributed by atoms with Gasteiger partial charge in [-0.3, -0.25) is 24.5 Å². The molecule has 2 fully saturated rings. The molecule has 2 saturated heterocycles. The van der Waals surface area contributed by atoms with E-state index >= 15 is 0 Å². The predicted molar refractivity (Wildman–Crippen MR) is 145 cm³/mol. The van der Waals surface area contributed by atoms with Gasteiger partial charge in [0.2, 0.25) is 6.41 Å². The summed E-state index contributed by atoms with van der Waals surface area (Å²) in [6.07, 6.45) is 0.465. The molecule has 0 spiro atoms. The Labute approximate surface area is 235 Å². The second kappa shape index (κ2) is 13.0. The fourth-order valence-electron chi connectivity index (χ4n) is 5.17. The molecule has 11 nitrogen and oxygen atoms in total. The zero-order valence-electron chi connectivity index (χ0n) is 24.2. The summed E-state index contributed by atoms with van der Waals surface area (Å²) in [5.41, 5.74) is -1.79. The van der Waals surface area contributed by atoms with Crippen LogP contribution in [0, 0.1) is 11.8 Å².